The van der Waals surface area contributed by atoms with Gasteiger partial charge in [-0.3, -0.25) is 14.9 Å². The van der Waals surface area contributed by atoms with Gasteiger partial charge in [-0.1, -0.05) is 18.2 Å². The highest BCUT2D eigenvalue weighted by Gasteiger charge is 2.18. The van der Waals surface area contributed by atoms with E-state index in [1.165, 1.54) is 12.1 Å². The monoisotopic (exact) mass is 292 g/mol. The SMILES string of the molecule is O=C(O)CC1C=C(NOc2ccccc2[N+](=O)[O-])CCC1. The Bertz CT molecular complexity index is 570. The molecule has 1 aromatic carbocycles. The maximum atomic E-state index is 10.9. The van der Waals surface area contributed by atoms with Gasteiger partial charge in [0.2, 0.25) is 5.75 Å². The van der Waals surface area contributed by atoms with Gasteiger partial charge in [-0.05, 0) is 31.2 Å². The molecule has 0 fully saturated rings. The Hall–Kier alpha value is -2.57. The van der Waals surface area contributed by atoms with Gasteiger partial charge in [0.05, 0.1) is 11.3 Å². The maximum absolute atomic E-state index is 10.9. The van der Waals surface area contributed by atoms with Crippen LogP contribution in [0, 0.1) is 16.0 Å². The summed E-state index contributed by atoms with van der Waals surface area (Å²) in [5.41, 5.74) is 3.33. The van der Waals surface area contributed by atoms with Crippen molar-refractivity contribution in [2.75, 3.05) is 0 Å². The molecule has 2 N–H and O–H groups in total. The van der Waals surface area contributed by atoms with Gasteiger partial charge in [-0.15, -0.1) is 0 Å². The van der Waals surface area contributed by atoms with Gasteiger partial charge >= 0.3 is 11.7 Å². The molecule has 21 heavy (non-hydrogen) atoms. The van der Waals surface area contributed by atoms with Gasteiger partial charge in [0.25, 0.3) is 0 Å². The van der Waals surface area contributed by atoms with Gasteiger partial charge in [0, 0.05) is 11.8 Å². The van der Waals surface area contributed by atoms with Crippen molar-refractivity contribution in [1.82, 2.24) is 5.48 Å². The highest BCUT2D eigenvalue weighted by atomic mass is 16.7. The molecule has 7 nitrogen and oxygen atoms in total. The first-order valence-corrected chi connectivity index (χ1v) is 6.65. The largest absolute Gasteiger partial charge is 0.481 e. The highest BCUT2D eigenvalue weighted by Crippen LogP contribution is 2.27. The van der Waals surface area contributed by atoms with E-state index in [-0.39, 0.29) is 23.8 Å². The lowest BCUT2D eigenvalue weighted by atomic mass is 9.91. The van der Waals surface area contributed by atoms with E-state index in [4.69, 9.17) is 9.94 Å². The van der Waals surface area contributed by atoms with Gasteiger partial charge in [-0.2, -0.15) is 0 Å². The molecule has 0 radical (unpaired) electrons. The lowest BCUT2D eigenvalue weighted by molar-refractivity contribution is -0.386. The summed E-state index contributed by atoms with van der Waals surface area (Å²) in [7, 11) is 0. The second-order valence-corrected chi connectivity index (χ2v) is 4.87. The molecular weight excluding hydrogens is 276 g/mol. The molecule has 112 valence electrons. The molecule has 1 aliphatic rings. The lowest BCUT2D eigenvalue weighted by Crippen LogP contribution is -2.22. The van der Waals surface area contributed by atoms with Crippen LogP contribution in [0.2, 0.25) is 0 Å². The number of carboxylic acid groups (broad SMARTS) is 1. The smallest absolute Gasteiger partial charge is 0.314 e. The minimum Gasteiger partial charge on any atom is -0.481 e. The molecule has 0 amide bonds. The number of carboxylic acids is 1. The van der Waals surface area contributed by atoms with Crippen molar-refractivity contribution < 1.29 is 19.7 Å². The number of nitro groups is 1. The van der Waals surface area contributed by atoms with Crippen LogP contribution in [0.4, 0.5) is 5.69 Å². The number of allylic oxidation sites excluding steroid dienone is 2. The summed E-state index contributed by atoms with van der Waals surface area (Å²) in [6.07, 6.45) is 4.32. The predicted octanol–water partition coefficient (Wildman–Crippen LogP) is 2.64. The Labute approximate surface area is 121 Å². The fourth-order valence-corrected chi connectivity index (χ4v) is 2.29. The summed E-state index contributed by atoms with van der Waals surface area (Å²) in [4.78, 5) is 26.4. The number of nitrogens with one attached hydrogen (secondary N) is 1. The molecule has 0 heterocycles. The summed E-state index contributed by atoms with van der Waals surface area (Å²) < 4.78 is 0. The van der Waals surface area contributed by atoms with Crippen molar-refractivity contribution in [2.24, 2.45) is 5.92 Å². The third kappa shape index (κ3) is 4.20. The average Bonchev–Trinajstić information content (AvgIpc) is 2.45. The fraction of sp³-hybridized carbons (Fsp3) is 0.357. The van der Waals surface area contributed by atoms with Crippen molar-refractivity contribution in [3.05, 3.63) is 46.2 Å². The second kappa shape index (κ2) is 6.74. The Morgan fingerprint density at radius 2 is 2.24 bits per heavy atom. The zero-order chi connectivity index (χ0) is 15.2. The number of rotatable bonds is 6. The molecule has 2 rings (SSSR count). The number of benzene rings is 1. The van der Waals surface area contributed by atoms with Crippen LogP contribution in [0.5, 0.6) is 5.75 Å². The van der Waals surface area contributed by atoms with E-state index < -0.39 is 10.9 Å². The van der Waals surface area contributed by atoms with Crippen LogP contribution in [0.3, 0.4) is 0 Å². The Balaban J connectivity index is 2.01. The Kier molecular flexibility index (Phi) is 4.76. The second-order valence-electron chi connectivity index (χ2n) is 4.87. The van der Waals surface area contributed by atoms with Gasteiger partial charge < -0.3 is 9.94 Å². The molecule has 0 aliphatic heterocycles. The van der Waals surface area contributed by atoms with Crippen LogP contribution in [0.15, 0.2) is 36.0 Å². The van der Waals surface area contributed by atoms with Crippen molar-refractivity contribution in [1.29, 1.82) is 0 Å². The zero-order valence-electron chi connectivity index (χ0n) is 11.3. The molecule has 0 aromatic heterocycles. The number of aliphatic carboxylic acids is 1. The summed E-state index contributed by atoms with van der Waals surface area (Å²) in [5, 5.41) is 19.7. The Morgan fingerprint density at radius 1 is 1.48 bits per heavy atom. The van der Waals surface area contributed by atoms with E-state index in [2.05, 4.69) is 5.48 Å². The minimum absolute atomic E-state index is 0.0342. The van der Waals surface area contributed by atoms with Crippen LogP contribution < -0.4 is 10.3 Å². The average molecular weight is 292 g/mol. The molecule has 1 aliphatic carbocycles. The first kappa shape index (κ1) is 14.8. The molecule has 0 bridgehead atoms. The van der Waals surface area contributed by atoms with Crippen molar-refractivity contribution in [3.8, 4) is 5.75 Å². The van der Waals surface area contributed by atoms with Crippen LogP contribution in [0.25, 0.3) is 0 Å². The number of hydrogen-bond acceptors (Lipinski definition) is 5. The summed E-state index contributed by atoms with van der Waals surface area (Å²) in [5.74, 6) is -0.742. The quantitative estimate of drug-likeness (QED) is 0.617. The van der Waals surface area contributed by atoms with Crippen molar-refractivity contribution in [3.63, 3.8) is 0 Å². The van der Waals surface area contributed by atoms with Gasteiger partial charge in [0.15, 0.2) is 0 Å². The third-order valence-corrected chi connectivity index (χ3v) is 3.25. The summed E-state index contributed by atoms with van der Waals surface area (Å²) in [6, 6.07) is 6.07. The molecule has 0 saturated heterocycles. The van der Waals surface area contributed by atoms with Crippen LogP contribution >= 0.6 is 0 Å². The molecule has 1 aromatic rings. The van der Waals surface area contributed by atoms with E-state index in [0.717, 1.165) is 25.0 Å². The van der Waals surface area contributed by atoms with Crippen LogP contribution in [0.1, 0.15) is 25.7 Å². The Morgan fingerprint density at radius 3 is 2.95 bits per heavy atom. The normalized spacial score (nSPS) is 17.7. The van der Waals surface area contributed by atoms with Crippen molar-refractivity contribution >= 4 is 11.7 Å². The first-order valence-electron chi connectivity index (χ1n) is 6.65. The number of para-hydroxylation sites is 2. The summed E-state index contributed by atoms with van der Waals surface area (Å²) >= 11 is 0. The molecule has 7 heteroatoms. The van der Waals surface area contributed by atoms with Gasteiger partial charge in [-0.25, -0.2) is 5.48 Å². The van der Waals surface area contributed by atoms with Crippen molar-refractivity contribution in [2.45, 2.75) is 25.7 Å². The van der Waals surface area contributed by atoms with E-state index in [9.17, 15) is 14.9 Å². The molecule has 0 saturated carbocycles. The zero-order valence-corrected chi connectivity index (χ0v) is 11.3. The van der Waals surface area contributed by atoms with Gasteiger partial charge in [0.1, 0.15) is 0 Å². The van der Waals surface area contributed by atoms with E-state index >= 15 is 0 Å². The predicted molar refractivity (Wildman–Crippen MR) is 74.5 cm³/mol. The van der Waals surface area contributed by atoms with E-state index in [1.54, 1.807) is 12.1 Å². The molecule has 0 spiro atoms. The fourth-order valence-electron chi connectivity index (χ4n) is 2.29. The van der Waals surface area contributed by atoms with E-state index in [0.29, 0.717) is 0 Å². The number of nitrogens with zero attached hydrogens (tertiary/aromatic N) is 1. The molecular formula is C14H16N2O5. The summed E-state index contributed by atoms with van der Waals surface area (Å²) in [6.45, 7) is 0. The highest BCUT2D eigenvalue weighted by molar-refractivity contribution is 5.67. The number of hydroxylamine groups is 1. The lowest BCUT2D eigenvalue weighted by Gasteiger charge is -2.20. The number of nitro benzene ring substituents is 1. The third-order valence-electron chi connectivity index (χ3n) is 3.25. The number of hydrogen-bond donors (Lipinski definition) is 2. The standard InChI is InChI=1S/C14H16N2O5/c17-14(18)9-10-4-3-5-11(8-10)15-21-13-7-2-1-6-12(13)16(19)20/h1-2,6-8,10,15H,3-5,9H2,(H,17,18). The van der Waals surface area contributed by atoms with E-state index in [1.807, 2.05) is 6.08 Å². The first-order chi connectivity index (χ1) is 10.1. The number of carbonyl (C=O) groups is 1. The minimum atomic E-state index is -0.836. The van der Waals surface area contributed by atoms with Crippen LogP contribution in [-0.2, 0) is 4.79 Å². The van der Waals surface area contributed by atoms with Crippen LogP contribution in [-0.4, -0.2) is 16.0 Å². The molecule has 1 atom stereocenters. The molecule has 1 unspecified atom stereocenters. The topological polar surface area (TPSA) is 102 Å². The maximum Gasteiger partial charge on any atom is 0.314 e.